The van der Waals surface area contributed by atoms with Crippen LogP contribution in [0.25, 0.3) is 5.69 Å². The fraction of sp³-hybridized carbons (Fsp3) is 0.474. The van der Waals surface area contributed by atoms with E-state index in [0.717, 1.165) is 41.4 Å². The van der Waals surface area contributed by atoms with Gasteiger partial charge in [0.2, 0.25) is 0 Å². The van der Waals surface area contributed by atoms with Gasteiger partial charge in [-0.05, 0) is 74.4 Å². The molecule has 0 bridgehead atoms. The van der Waals surface area contributed by atoms with Gasteiger partial charge in [-0.3, -0.25) is 4.79 Å². The number of carbonyl (C=O) groups excluding carboxylic acids is 1. The van der Waals surface area contributed by atoms with Crippen molar-refractivity contribution in [1.82, 2.24) is 15.1 Å². The van der Waals surface area contributed by atoms with Crippen LogP contribution in [0.3, 0.4) is 0 Å². The van der Waals surface area contributed by atoms with E-state index in [9.17, 15) is 9.90 Å². The summed E-state index contributed by atoms with van der Waals surface area (Å²) >= 11 is 1.94. The molecule has 1 aromatic carbocycles. The van der Waals surface area contributed by atoms with Crippen molar-refractivity contribution in [3.63, 3.8) is 0 Å². The molecule has 1 amide bonds. The molecule has 1 aliphatic rings. The zero-order valence-electron chi connectivity index (χ0n) is 14.7. The molecule has 1 aliphatic heterocycles. The van der Waals surface area contributed by atoms with Gasteiger partial charge in [0.15, 0.2) is 0 Å². The van der Waals surface area contributed by atoms with Crippen LogP contribution in [-0.2, 0) is 0 Å². The van der Waals surface area contributed by atoms with E-state index in [-0.39, 0.29) is 18.6 Å². The summed E-state index contributed by atoms with van der Waals surface area (Å²) in [4.78, 5) is 12.5. The van der Waals surface area contributed by atoms with Crippen LogP contribution in [0.5, 0.6) is 0 Å². The van der Waals surface area contributed by atoms with Crippen molar-refractivity contribution in [2.45, 2.75) is 32.7 Å². The smallest absolute Gasteiger partial charge is 0.251 e. The second-order valence-electron chi connectivity index (χ2n) is 6.60. The fourth-order valence-corrected chi connectivity index (χ4v) is 4.47. The molecule has 0 radical (unpaired) electrons. The van der Waals surface area contributed by atoms with Crippen LogP contribution in [0, 0.1) is 19.8 Å². The third-order valence-electron chi connectivity index (χ3n) is 4.73. The average molecular weight is 359 g/mol. The summed E-state index contributed by atoms with van der Waals surface area (Å²) < 4.78 is 1.87. The molecule has 6 heteroatoms. The topological polar surface area (TPSA) is 67.2 Å². The Labute approximate surface area is 152 Å². The predicted octanol–water partition coefficient (Wildman–Crippen LogP) is 2.72. The highest BCUT2D eigenvalue weighted by Crippen LogP contribution is 2.25. The molecule has 2 N–H and O–H groups in total. The van der Waals surface area contributed by atoms with Gasteiger partial charge in [-0.1, -0.05) is 0 Å². The van der Waals surface area contributed by atoms with Gasteiger partial charge in [0.1, 0.15) is 0 Å². The third kappa shape index (κ3) is 4.25. The van der Waals surface area contributed by atoms with Gasteiger partial charge in [-0.15, -0.1) is 0 Å². The first-order chi connectivity index (χ1) is 12.1. The van der Waals surface area contributed by atoms with Crippen LogP contribution in [0.15, 0.2) is 30.3 Å². The number of hydrogen-bond donors (Lipinski definition) is 2. The van der Waals surface area contributed by atoms with Crippen molar-refractivity contribution < 1.29 is 9.90 Å². The molecule has 0 saturated carbocycles. The molecule has 1 atom stereocenters. The quantitative estimate of drug-likeness (QED) is 0.861. The van der Waals surface area contributed by atoms with Crippen LogP contribution in [0.2, 0.25) is 0 Å². The minimum atomic E-state index is -0.163. The maximum absolute atomic E-state index is 12.5. The Morgan fingerprint density at radius 1 is 1.32 bits per heavy atom. The standard InChI is InChI=1S/C19H25N3O2S/c1-13-11-14(2)22(21-13)17-5-3-16(4-6-17)19(24)20-18(12-23)15-7-9-25-10-8-15/h3-6,11,15,18,23H,7-10,12H2,1-2H3,(H,20,24)/t18-/m0/s1. The normalized spacial score (nSPS) is 16.6. The second kappa shape index (κ2) is 8.06. The number of hydrogen-bond acceptors (Lipinski definition) is 4. The first-order valence-electron chi connectivity index (χ1n) is 8.71. The van der Waals surface area contributed by atoms with Crippen molar-refractivity contribution in [2.75, 3.05) is 18.1 Å². The van der Waals surface area contributed by atoms with E-state index >= 15 is 0 Å². The maximum Gasteiger partial charge on any atom is 0.251 e. The number of thioether (sulfide) groups is 1. The number of amides is 1. The number of benzene rings is 1. The molecule has 25 heavy (non-hydrogen) atoms. The molecular formula is C19H25N3O2S. The minimum absolute atomic E-state index is 0.00901. The Balaban J connectivity index is 1.68. The summed E-state index contributed by atoms with van der Waals surface area (Å²) in [6.07, 6.45) is 2.10. The Morgan fingerprint density at radius 2 is 2.00 bits per heavy atom. The van der Waals surface area contributed by atoms with Gasteiger partial charge in [0, 0.05) is 11.3 Å². The van der Waals surface area contributed by atoms with E-state index in [1.807, 2.05) is 60.6 Å². The average Bonchev–Trinajstić information content (AvgIpc) is 2.98. The monoisotopic (exact) mass is 359 g/mol. The van der Waals surface area contributed by atoms with Crippen LogP contribution in [0.1, 0.15) is 34.6 Å². The molecule has 0 aliphatic carbocycles. The number of rotatable bonds is 5. The molecule has 2 aromatic rings. The van der Waals surface area contributed by atoms with E-state index < -0.39 is 0 Å². The molecule has 134 valence electrons. The Kier molecular flexibility index (Phi) is 5.81. The van der Waals surface area contributed by atoms with E-state index in [2.05, 4.69) is 10.4 Å². The molecule has 0 unspecified atom stereocenters. The number of carbonyl (C=O) groups is 1. The van der Waals surface area contributed by atoms with Crippen LogP contribution >= 0.6 is 11.8 Å². The zero-order valence-corrected chi connectivity index (χ0v) is 15.6. The number of aromatic nitrogens is 2. The van der Waals surface area contributed by atoms with E-state index in [0.29, 0.717) is 11.5 Å². The van der Waals surface area contributed by atoms with E-state index in [1.54, 1.807) is 0 Å². The highest BCUT2D eigenvalue weighted by atomic mass is 32.2. The van der Waals surface area contributed by atoms with E-state index in [4.69, 9.17) is 0 Å². The number of nitrogens with one attached hydrogen (secondary N) is 1. The van der Waals surface area contributed by atoms with Crippen LogP contribution in [-0.4, -0.2) is 44.9 Å². The Morgan fingerprint density at radius 3 is 2.56 bits per heavy atom. The molecule has 3 rings (SSSR count). The third-order valence-corrected chi connectivity index (χ3v) is 5.78. The maximum atomic E-state index is 12.5. The molecule has 0 spiro atoms. The number of nitrogens with zero attached hydrogens (tertiary/aromatic N) is 2. The van der Waals surface area contributed by atoms with Crippen molar-refractivity contribution in [2.24, 2.45) is 5.92 Å². The SMILES string of the molecule is Cc1cc(C)n(-c2ccc(C(=O)N[C@@H](CO)C3CCSCC3)cc2)n1. The Hall–Kier alpha value is -1.79. The summed E-state index contributed by atoms with van der Waals surface area (Å²) in [5.41, 5.74) is 3.57. The highest BCUT2D eigenvalue weighted by molar-refractivity contribution is 7.99. The lowest BCUT2D eigenvalue weighted by Gasteiger charge is -2.29. The molecule has 1 saturated heterocycles. The number of aryl methyl sites for hydroxylation is 2. The lowest BCUT2D eigenvalue weighted by molar-refractivity contribution is 0.0884. The van der Waals surface area contributed by atoms with Gasteiger partial charge in [-0.2, -0.15) is 16.9 Å². The number of aliphatic hydroxyl groups excluding tert-OH is 1. The highest BCUT2D eigenvalue weighted by Gasteiger charge is 2.25. The van der Waals surface area contributed by atoms with Gasteiger partial charge in [0.25, 0.3) is 5.91 Å². The summed E-state index contributed by atoms with van der Waals surface area (Å²) in [6.45, 7) is 3.96. The molecular weight excluding hydrogens is 334 g/mol. The zero-order chi connectivity index (χ0) is 17.8. The van der Waals surface area contributed by atoms with Gasteiger partial charge in [-0.25, -0.2) is 4.68 Å². The molecule has 1 aromatic heterocycles. The van der Waals surface area contributed by atoms with Crippen LogP contribution in [0.4, 0.5) is 0 Å². The lowest BCUT2D eigenvalue weighted by atomic mass is 9.94. The molecule has 1 fully saturated rings. The molecule has 2 heterocycles. The predicted molar refractivity (Wildman–Crippen MR) is 101 cm³/mol. The lowest BCUT2D eigenvalue weighted by Crippen LogP contribution is -2.44. The van der Waals surface area contributed by atoms with Crippen molar-refractivity contribution in [3.05, 3.63) is 47.3 Å². The fourth-order valence-electron chi connectivity index (χ4n) is 3.33. The van der Waals surface area contributed by atoms with Crippen molar-refractivity contribution in [1.29, 1.82) is 0 Å². The largest absolute Gasteiger partial charge is 0.394 e. The number of aliphatic hydroxyl groups is 1. The summed E-state index contributed by atoms with van der Waals surface area (Å²) in [7, 11) is 0. The van der Waals surface area contributed by atoms with Crippen LogP contribution < -0.4 is 5.32 Å². The first kappa shape index (κ1) is 18.0. The van der Waals surface area contributed by atoms with E-state index in [1.165, 1.54) is 0 Å². The molecule has 5 nitrogen and oxygen atoms in total. The van der Waals surface area contributed by atoms with Gasteiger partial charge in [0.05, 0.1) is 24.0 Å². The first-order valence-corrected chi connectivity index (χ1v) is 9.87. The Bertz CT molecular complexity index is 721. The summed E-state index contributed by atoms with van der Waals surface area (Å²) in [5, 5.41) is 17.1. The summed E-state index contributed by atoms with van der Waals surface area (Å²) in [5.74, 6) is 2.45. The van der Waals surface area contributed by atoms with Gasteiger partial charge >= 0.3 is 0 Å². The van der Waals surface area contributed by atoms with Crippen molar-refractivity contribution >= 4 is 17.7 Å². The second-order valence-corrected chi connectivity index (χ2v) is 7.82. The van der Waals surface area contributed by atoms with Gasteiger partial charge < -0.3 is 10.4 Å². The summed E-state index contributed by atoms with van der Waals surface area (Å²) in [6, 6.07) is 9.29. The minimum Gasteiger partial charge on any atom is -0.394 e. The van der Waals surface area contributed by atoms with Crippen molar-refractivity contribution in [3.8, 4) is 5.69 Å².